The van der Waals surface area contributed by atoms with Crippen LogP contribution in [0, 0.1) is 6.92 Å². The molecule has 2 rings (SSSR count). The second-order valence-corrected chi connectivity index (χ2v) is 3.86. The fourth-order valence-corrected chi connectivity index (χ4v) is 1.83. The van der Waals surface area contributed by atoms with Gasteiger partial charge >= 0.3 is 0 Å². The maximum absolute atomic E-state index is 11.0. The highest BCUT2D eigenvalue weighted by Crippen LogP contribution is 2.24. The van der Waals surface area contributed by atoms with Crippen molar-refractivity contribution >= 4 is 11.6 Å². The molecule has 0 aliphatic rings. The van der Waals surface area contributed by atoms with Crippen molar-refractivity contribution in [1.82, 2.24) is 14.7 Å². The maximum Gasteiger partial charge on any atom is 0.217 e. The van der Waals surface area contributed by atoms with Crippen LogP contribution in [-0.4, -0.2) is 22.4 Å². The third-order valence-electron chi connectivity index (χ3n) is 2.66. The molecular formula is C14H21N3O2. The van der Waals surface area contributed by atoms with E-state index in [9.17, 15) is 4.79 Å². The summed E-state index contributed by atoms with van der Waals surface area (Å²) < 4.78 is 7.30. The van der Waals surface area contributed by atoms with Crippen molar-refractivity contribution in [3.8, 4) is 5.75 Å². The molecule has 104 valence electrons. The third kappa shape index (κ3) is 3.24. The zero-order valence-corrected chi connectivity index (χ0v) is 12.2. The topological polar surface area (TPSA) is 55.6 Å². The molecule has 0 aliphatic carbocycles. The van der Waals surface area contributed by atoms with Gasteiger partial charge in [0.05, 0.1) is 19.2 Å². The number of nitrogens with one attached hydrogen (secondary N) is 1. The fraction of sp³-hybridized carbons (Fsp3) is 0.429. The number of methoxy groups -OCH3 is 1. The Bertz CT molecular complexity index is 561. The number of aryl methyl sites for hydroxylation is 1. The predicted octanol–water partition coefficient (Wildman–Crippen LogP) is 2.31. The van der Waals surface area contributed by atoms with E-state index in [1.54, 1.807) is 13.3 Å². The Balaban J connectivity index is 0.000000861. The van der Waals surface area contributed by atoms with E-state index in [0.29, 0.717) is 6.54 Å². The molecule has 0 aromatic carbocycles. The largest absolute Gasteiger partial charge is 0.496 e. The Hall–Kier alpha value is -2.04. The highest BCUT2D eigenvalue weighted by atomic mass is 16.5. The van der Waals surface area contributed by atoms with Gasteiger partial charge in [-0.05, 0) is 6.92 Å². The highest BCUT2D eigenvalue weighted by Gasteiger charge is 2.12. The number of nitrogens with zero attached hydrogens (tertiary/aromatic N) is 2. The minimum atomic E-state index is -0.0719. The van der Waals surface area contributed by atoms with Gasteiger partial charge in [0, 0.05) is 31.1 Å². The van der Waals surface area contributed by atoms with Crippen LogP contribution in [0.25, 0.3) is 5.65 Å². The van der Waals surface area contributed by atoms with E-state index in [0.717, 1.165) is 22.7 Å². The number of fused-ring (bicyclic) bond motifs is 1. The van der Waals surface area contributed by atoms with Gasteiger partial charge in [0.2, 0.25) is 5.91 Å². The number of aromatic nitrogens is 2. The lowest BCUT2D eigenvalue weighted by Gasteiger charge is -2.12. The zero-order valence-electron chi connectivity index (χ0n) is 12.2. The molecule has 0 bridgehead atoms. The summed E-state index contributed by atoms with van der Waals surface area (Å²) in [7, 11) is 1.62. The van der Waals surface area contributed by atoms with E-state index in [4.69, 9.17) is 4.74 Å². The van der Waals surface area contributed by atoms with Gasteiger partial charge in [-0.1, -0.05) is 13.8 Å². The third-order valence-corrected chi connectivity index (χ3v) is 2.66. The van der Waals surface area contributed by atoms with E-state index in [1.807, 2.05) is 37.4 Å². The first-order chi connectivity index (χ1) is 9.13. The van der Waals surface area contributed by atoms with Crippen LogP contribution >= 0.6 is 0 Å². The molecule has 5 heteroatoms. The zero-order chi connectivity index (χ0) is 14.4. The van der Waals surface area contributed by atoms with Crippen molar-refractivity contribution in [1.29, 1.82) is 0 Å². The number of hydrogen-bond acceptors (Lipinski definition) is 3. The van der Waals surface area contributed by atoms with Crippen LogP contribution < -0.4 is 10.1 Å². The molecule has 5 nitrogen and oxygen atoms in total. The number of carbonyl (C=O) groups is 1. The van der Waals surface area contributed by atoms with Crippen LogP contribution in [0.3, 0.4) is 0 Å². The first kappa shape index (κ1) is 15.0. The quantitative estimate of drug-likeness (QED) is 0.924. The average Bonchev–Trinajstić information content (AvgIpc) is 2.89. The van der Waals surface area contributed by atoms with Crippen LogP contribution in [0.1, 0.15) is 32.0 Å². The normalized spacial score (nSPS) is 9.74. The summed E-state index contributed by atoms with van der Waals surface area (Å²) in [6.07, 6.45) is 3.63. The SMILES string of the molecule is CC.COc1cc(C)n2ccnc2c1CNC(C)=O. The molecule has 0 saturated heterocycles. The molecule has 1 N–H and O–H groups in total. The predicted molar refractivity (Wildman–Crippen MR) is 75.3 cm³/mol. The molecule has 2 aromatic rings. The standard InChI is InChI=1S/C12H15N3O2.C2H6/c1-8-6-11(17-3)10(7-14-9(2)16)12-13-4-5-15(8)12;1-2/h4-6H,7H2,1-3H3,(H,14,16);1-2H3. The van der Waals surface area contributed by atoms with Crippen LogP contribution in [0.15, 0.2) is 18.5 Å². The molecule has 0 aliphatic heterocycles. The molecule has 1 amide bonds. The summed E-state index contributed by atoms with van der Waals surface area (Å²) in [6.45, 7) is 7.89. The summed E-state index contributed by atoms with van der Waals surface area (Å²) in [5.74, 6) is 0.673. The molecule has 0 unspecified atom stereocenters. The molecule has 0 spiro atoms. The van der Waals surface area contributed by atoms with E-state index in [2.05, 4.69) is 10.3 Å². The van der Waals surface area contributed by atoms with Crippen LogP contribution in [0.4, 0.5) is 0 Å². The average molecular weight is 263 g/mol. The number of pyridine rings is 1. The first-order valence-electron chi connectivity index (χ1n) is 6.37. The van der Waals surface area contributed by atoms with E-state index < -0.39 is 0 Å². The Morgan fingerprint density at radius 1 is 1.47 bits per heavy atom. The first-order valence-corrected chi connectivity index (χ1v) is 6.37. The lowest BCUT2D eigenvalue weighted by atomic mass is 10.2. The molecule has 0 radical (unpaired) electrons. The number of imidazole rings is 1. The van der Waals surface area contributed by atoms with Crippen molar-refractivity contribution < 1.29 is 9.53 Å². The number of rotatable bonds is 3. The van der Waals surface area contributed by atoms with Crippen molar-refractivity contribution in [2.75, 3.05) is 7.11 Å². The van der Waals surface area contributed by atoms with Gasteiger partial charge < -0.3 is 14.5 Å². The maximum atomic E-state index is 11.0. The summed E-state index contributed by atoms with van der Waals surface area (Å²) >= 11 is 0. The second-order valence-electron chi connectivity index (χ2n) is 3.86. The molecule has 2 heterocycles. The molecular weight excluding hydrogens is 242 g/mol. The Morgan fingerprint density at radius 3 is 2.74 bits per heavy atom. The Morgan fingerprint density at radius 2 is 2.16 bits per heavy atom. The van der Waals surface area contributed by atoms with E-state index in [-0.39, 0.29) is 5.91 Å². The minimum Gasteiger partial charge on any atom is -0.496 e. The van der Waals surface area contributed by atoms with Gasteiger partial charge in [0.25, 0.3) is 0 Å². The van der Waals surface area contributed by atoms with Gasteiger partial charge in [-0.25, -0.2) is 4.98 Å². The van der Waals surface area contributed by atoms with Gasteiger partial charge in [-0.2, -0.15) is 0 Å². The van der Waals surface area contributed by atoms with Crippen LogP contribution in [0.2, 0.25) is 0 Å². The van der Waals surface area contributed by atoms with E-state index >= 15 is 0 Å². The van der Waals surface area contributed by atoms with E-state index in [1.165, 1.54) is 6.92 Å². The lowest BCUT2D eigenvalue weighted by molar-refractivity contribution is -0.119. The second kappa shape index (κ2) is 6.78. The van der Waals surface area contributed by atoms with Gasteiger partial charge in [0.1, 0.15) is 11.4 Å². The summed E-state index contributed by atoms with van der Waals surface area (Å²) in [6, 6.07) is 1.94. The van der Waals surface area contributed by atoms with Gasteiger partial charge in [0.15, 0.2) is 0 Å². The van der Waals surface area contributed by atoms with Crippen molar-refractivity contribution in [3.63, 3.8) is 0 Å². The number of hydrogen-bond donors (Lipinski definition) is 1. The minimum absolute atomic E-state index is 0.0719. The number of amides is 1. The highest BCUT2D eigenvalue weighted by molar-refractivity contribution is 5.73. The fourth-order valence-electron chi connectivity index (χ4n) is 1.83. The van der Waals surface area contributed by atoms with Gasteiger partial charge in [-0.15, -0.1) is 0 Å². The molecule has 0 saturated carbocycles. The van der Waals surface area contributed by atoms with Crippen LogP contribution in [-0.2, 0) is 11.3 Å². The smallest absolute Gasteiger partial charge is 0.217 e. The monoisotopic (exact) mass is 263 g/mol. The summed E-state index contributed by atoms with van der Waals surface area (Å²) in [5, 5.41) is 2.77. The Labute approximate surface area is 113 Å². The lowest BCUT2D eigenvalue weighted by Crippen LogP contribution is -2.20. The van der Waals surface area contributed by atoms with Crippen molar-refractivity contribution in [3.05, 3.63) is 29.7 Å². The number of ether oxygens (including phenoxy) is 1. The van der Waals surface area contributed by atoms with Crippen molar-refractivity contribution in [2.24, 2.45) is 0 Å². The van der Waals surface area contributed by atoms with Crippen molar-refractivity contribution in [2.45, 2.75) is 34.2 Å². The van der Waals surface area contributed by atoms with Gasteiger partial charge in [-0.3, -0.25) is 4.79 Å². The number of carbonyl (C=O) groups excluding carboxylic acids is 1. The molecule has 2 aromatic heterocycles. The van der Waals surface area contributed by atoms with Crippen LogP contribution in [0.5, 0.6) is 5.75 Å². The Kier molecular flexibility index (Phi) is 5.36. The molecule has 0 fully saturated rings. The molecule has 0 atom stereocenters. The summed E-state index contributed by atoms with van der Waals surface area (Å²) in [5.41, 5.74) is 2.75. The summed E-state index contributed by atoms with van der Waals surface area (Å²) in [4.78, 5) is 15.3. The molecule has 19 heavy (non-hydrogen) atoms.